The van der Waals surface area contributed by atoms with E-state index < -0.39 is 0 Å². The molecule has 2 aromatic rings. The molecule has 0 radical (unpaired) electrons. The summed E-state index contributed by atoms with van der Waals surface area (Å²) in [6, 6.07) is 7.83. The minimum atomic E-state index is 0.372. The standard InChI is InChI=1S/C15H18Cl2N2O/c1-3-11(2)19-7-6-14(18-19)10-20-15-5-4-13(17)8-12(15)9-16/h4-8,11H,3,9-10H2,1-2H3. The van der Waals surface area contributed by atoms with Crippen LogP contribution in [-0.2, 0) is 12.5 Å². The summed E-state index contributed by atoms with van der Waals surface area (Å²) >= 11 is 11.8. The minimum absolute atomic E-state index is 0.372. The highest BCUT2D eigenvalue weighted by molar-refractivity contribution is 6.30. The van der Waals surface area contributed by atoms with Gasteiger partial charge >= 0.3 is 0 Å². The summed E-state index contributed by atoms with van der Waals surface area (Å²) in [5.41, 5.74) is 1.79. The van der Waals surface area contributed by atoms with Crippen LogP contribution in [0.2, 0.25) is 5.02 Å². The molecule has 0 bridgehead atoms. The van der Waals surface area contributed by atoms with E-state index in [1.807, 2.05) is 29.1 Å². The lowest BCUT2D eigenvalue weighted by atomic mass is 10.2. The van der Waals surface area contributed by atoms with Gasteiger partial charge in [-0.25, -0.2) is 0 Å². The summed E-state index contributed by atoms with van der Waals surface area (Å²) in [5, 5.41) is 5.16. The van der Waals surface area contributed by atoms with Crippen LogP contribution in [0.15, 0.2) is 30.5 Å². The number of alkyl halides is 1. The Hall–Kier alpha value is -1.19. The third-order valence-electron chi connectivity index (χ3n) is 3.25. The third kappa shape index (κ3) is 3.68. The molecule has 0 saturated carbocycles. The van der Waals surface area contributed by atoms with Crippen LogP contribution in [0.3, 0.4) is 0 Å². The molecule has 0 spiro atoms. The lowest BCUT2D eigenvalue weighted by Crippen LogP contribution is -2.06. The van der Waals surface area contributed by atoms with E-state index in [-0.39, 0.29) is 0 Å². The van der Waals surface area contributed by atoms with Gasteiger partial charge in [-0.1, -0.05) is 18.5 Å². The number of rotatable bonds is 6. The third-order valence-corrected chi connectivity index (χ3v) is 3.77. The largest absolute Gasteiger partial charge is 0.487 e. The summed E-state index contributed by atoms with van der Waals surface area (Å²) in [6.07, 6.45) is 3.03. The van der Waals surface area contributed by atoms with E-state index in [1.165, 1.54) is 0 Å². The van der Waals surface area contributed by atoms with Crippen molar-refractivity contribution in [3.8, 4) is 5.75 Å². The van der Waals surface area contributed by atoms with Gasteiger partial charge in [0.25, 0.3) is 0 Å². The highest BCUT2D eigenvalue weighted by Crippen LogP contribution is 2.25. The van der Waals surface area contributed by atoms with Gasteiger partial charge in [-0.2, -0.15) is 5.10 Å². The number of ether oxygens (including phenoxy) is 1. The Kier molecular flexibility index (Phi) is 5.32. The quantitative estimate of drug-likeness (QED) is 0.715. The van der Waals surface area contributed by atoms with Crippen LogP contribution in [0.1, 0.15) is 37.6 Å². The molecule has 1 aromatic carbocycles. The van der Waals surface area contributed by atoms with Crippen LogP contribution in [0.5, 0.6) is 5.75 Å². The Labute approximate surface area is 129 Å². The van der Waals surface area contributed by atoms with Crippen molar-refractivity contribution >= 4 is 23.2 Å². The highest BCUT2D eigenvalue weighted by atomic mass is 35.5. The van der Waals surface area contributed by atoms with E-state index in [9.17, 15) is 0 Å². The highest BCUT2D eigenvalue weighted by Gasteiger charge is 2.07. The van der Waals surface area contributed by atoms with E-state index in [0.29, 0.717) is 23.6 Å². The monoisotopic (exact) mass is 312 g/mol. The zero-order valence-corrected chi connectivity index (χ0v) is 13.2. The number of nitrogens with zero attached hydrogens (tertiary/aromatic N) is 2. The first-order valence-corrected chi connectivity index (χ1v) is 7.56. The van der Waals surface area contributed by atoms with Crippen LogP contribution >= 0.6 is 23.2 Å². The van der Waals surface area contributed by atoms with E-state index in [4.69, 9.17) is 27.9 Å². The molecule has 0 aliphatic carbocycles. The van der Waals surface area contributed by atoms with E-state index in [0.717, 1.165) is 23.4 Å². The second kappa shape index (κ2) is 7.00. The average Bonchev–Trinajstić information content (AvgIpc) is 2.93. The zero-order chi connectivity index (χ0) is 14.5. The molecule has 0 N–H and O–H groups in total. The Morgan fingerprint density at radius 2 is 2.15 bits per heavy atom. The first-order valence-electron chi connectivity index (χ1n) is 6.65. The van der Waals surface area contributed by atoms with E-state index >= 15 is 0 Å². The second-order valence-electron chi connectivity index (χ2n) is 4.72. The van der Waals surface area contributed by atoms with E-state index in [1.54, 1.807) is 6.07 Å². The van der Waals surface area contributed by atoms with Crippen molar-refractivity contribution in [3.63, 3.8) is 0 Å². The van der Waals surface area contributed by atoms with Gasteiger partial charge in [-0.15, -0.1) is 11.6 Å². The van der Waals surface area contributed by atoms with E-state index in [2.05, 4.69) is 18.9 Å². The molecule has 3 nitrogen and oxygen atoms in total. The number of hydrogen-bond acceptors (Lipinski definition) is 2. The number of halogens is 2. The Bertz CT molecular complexity index is 569. The van der Waals surface area contributed by atoms with Gasteiger partial charge in [-0.3, -0.25) is 4.68 Å². The summed E-state index contributed by atoms with van der Waals surface area (Å²) < 4.78 is 7.74. The van der Waals surface area contributed by atoms with Gasteiger partial charge < -0.3 is 4.74 Å². The fourth-order valence-electron chi connectivity index (χ4n) is 1.83. The van der Waals surface area contributed by atoms with Crippen LogP contribution in [0, 0.1) is 0 Å². The van der Waals surface area contributed by atoms with Crippen LogP contribution < -0.4 is 4.74 Å². The molecular formula is C15H18Cl2N2O. The van der Waals surface area contributed by atoms with Gasteiger partial charge in [0.05, 0.1) is 11.6 Å². The molecule has 108 valence electrons. The summed E-state index contributed by atoms with van der Waals surface area (Å²) in [4.78, 5) is 0. The molecule has 20 heavy (non-hydrogen) atoms. The molecule has 1 atom stereocenters. The minimum Gasteiger partial charge on any atom is -0.487 e. The summed E-state index contributed by atoms with van der Waals surface area (Å²) in [7, 11) is 0. The molecule has 0 fully saturated rings. The van der Waals surface area contributed by atoms with Crippen molar-refractivity contribution in [2.75, 3.05) is 0 Å². The van der Waals surface area contributed by atoms with Gasteiger partial charge in [-0.05, 0) is 37.6 Å². The number of benzene rings is 1. The van der Waals surface area contributed by atoms with Crippen molar-refractivity contribution in [3.05, 3.63) is 46.7 Å². The van der Waals surface area contributed by atoms with Crippen LogP contribution in [-0.4, -0.2) is 9.78 Å². The maximum Gasteiger partial charge on any atom is 0.132 e. The Balaban J connectivity index is 2.03. The Morgan fingerprint density at radius 1 is 1.35 bits per heavy atom. The smallest absolute Gasteiger partial charge is 0.132 e. The maximum atomic E-state index is 5.94. The molecule has 0 aliphatic rings. The van der Waals surface area contributed by atoms with Crippen molar-refractivity contribution in [1.82, 2.24) is 9.78 Å². The molecule has 0 aliphatic heterocycles. The maximum absolute atomic E-state index is 5.94. The molecular weight excluding hydrogens is 295 g/mol. The molecule has 1 heterocycles. The fourth-order valence-corrected chi connectivity index (χ4v) is 2.24. The SMILES string of the molecule is CCC(C)n1ccc(COc2ccc(Cl)cc2CCl)n1. The summed E-state index contributed by atoms with van der Waals surface area (Å²) in [5.74, 6) is 1.12. The first-order chi connectivity index (χ1) is 9.63. The lowest BCUT2D eigenvalue weighted by Gasteiger charge is -2.10. The summed E-state index contributed by atoms with van der Waals surface area (Å²) in [6.45, 7) is 4.71. The molecule has 1 aromatic heterocycles. The number of aromatic nitrogens is 2. The molecule has 5 heteroatoms. The molecule has 2 rings (SSSR count). The lowest BCUT2D eigenvalue weighted by molar-refractivity contribution is 0.296. The van der Waals surface area contributed by atoms with Crippen LogP contribution in [0.25, 0.3) is 0 Å². The van der Waals surface area contributed by atoms with Crippen molar-refractivity contribution in [2.24, 2.45) is 0 Å². The van der Waals surface area contributed by atoms with Gasteiger partial charge in [0.1, 0.15) is 12.4 Å². The topological polar surface area (TPSA) is 27.1 Å². The van der Waals surface area contributed by atoms with Crippen molar-refractivity contribution < 1.29 is 4.74 Å². The van der Waals surface area contributed by atoms with Crippen molar-refractivity contribution in [2.45, 2.75) is 38.8 Å². The average molecular weight is 313 g/mol. The molecule has 1 unspecified atom stereocenters. The predicted octanol–water partition coefficient (Wildman–Crippen LogP) is 4.83. The predicted molar refractivity (Wildman–Crippen MR) is 82.6 cm³/mol. The Morgan fingerprint density at radius 3 is 2.85 bits per heavy atom. The van der Waals surface area contributed by atoms with Crippen molar-refractivity contribution in [1.29, 1.82) is 0 Å². The van der Waals surface area contributed by atoms with Gasteiger partial charge in [0.2, 0.25) is 0 Å². The second-order valence-corrected chi connectivity index (χ2v) is 5.42. The van der Waals surface area contributed by atoms with Gasteiger partial charge in [0.15, 0.2) is 0 Å². The normalized spacial score (nSPS) is 12.4. The first kappa shape index (κ1) is 15.2. The fraction of sp³-hybridized carbons (Fsp3) is 0.400. The number of hydrogen-bond donors (Lipinski definition) is 0. The molecule has 0 amide bonds. The van der Waals surface area contributed by atoms with Gasteiger partial charge in [0, 0.05) is 22.8 Å². The zero-order valence-electron chi connectivity index (χ0n) is 11.6. The molecule has 0 saturated heterocycles. The van der Waals surface area contributed by atoms with Crippen LogP contribution in [0.4, 0.5) is 0 Å².